The predicted molar refractivity (Wildman–Crippen MR) is 66.9 cm³/mol. The molecule has 0 aliphatic heterocycles. The van der Waals surface area contributed by atoms with Gasteiger partial charge in [-0.3, -0.25) is 0 Å². The summed E-state index contributed by atoms with van der Waals surface area (Å²) in [5, 5.41) is 19.2. The number of hydrogen-bond acceptors (Lipinski definition) is 3. The standard InChI is InChI=1S/C12H18ClNO2/c1-12(2,16)8-14(3)10-5-4-9(7-15)11(13)6-10/h4-6,15-16H,7-8H2,1-3H3. The zero-order valence-corrected chi connectivity index (χ0v) is 10.6. The van der Waals surface area contributed by atoms with Gasteiger partial charge in [-0.2, -0.15) is 0 Å². The number of aliphatic hydroxyl groups excluding tert-OH is 1. The Morgan fingerprint density at radius 3 is 2.44 bits per heavy atom. The third kappa shape index (κ3) is 3.67. The van der Waals surface area contributed by atoms with Crippen molar-refractivity contribution in [3.63, 3.8) is 0 Å². The van der Waals surface area contributed by atoms with Crippen LogP contribution in [0, 0.1) is 0 Å². The van der Waals surface area contributed by atoms with Gasteiger partial charge in [0.1, 0.15) is 0 Å². The van der Waals surface area contributed by atoms with Crippen LogP contribution in [0.5, 0.6) is 0 Å². The molecule has 0 radical (unpaired) electrons. The predicted octanol–water partition coefficient (Wildman–Crippen LogP) is 2.04. The molecule has 4 heteroatoms. The molecule has 1 aromatic rings. The summed E-state index contributed by atoms with van der Waals surface area (Å²) < 4.78 is 0. The lowest BCUT2D eigenvalue weighted by Crippen LogP contribution is -2.36. The summed E-state index contributed by atoms with van der Waals surface area (Å²) in [6.07, 6.45) is 0. The first kappa shape index (κ1) is 13.3. The Morgan fingerprint density at radius 2 is 2.00 bits per heavy atom. The molecule has 0 aliphatic carbocycles. The highest BCUT2D eigenvalue weighted by atomic mass is 35.5. The smallest absolute Gasteiger partial charge is 0.0765 e. The second-order valence-electron chi connectivity index (χ2n) is 4.60. The number of anilines is 1. The van der Waals surface area contributed by atoms with Crippen molar-refractivity contribution in [3.8, 4) is 0 Å². The average Bonchev–Trinajstić information content (AvgIpc) is 2.15. The third-order valence-corrected chi connectivity index (χ3v) is 2.62. The van der Waals surface area contributed by atoms with E-state index in [9.17, 15) is 5.11 Å². The number of halogens is 1. The van der Waals surface area contributed by atoms with Gasteiger partial charge in [0.15, 0.2) is 0 Å². The summed E-state index contributed by atoms with van der Waals surface area (Å²) in [7, 11) is 1.89. The number of nitrogens with zero attached hydrogens (tertiary/aromatic N) is 1. The van der Waals surface area contributed by atoms with Crippen molar-refractivity contribution in [1.29, 1.82) is 0 Å². The van der Waals surface area contributed by atoms with Crippen LogP contribution in [0.4, 0.5) is 5.69 Å². The van der Waals surface area contributed by atoms with Crippen molar-refractivity contribution < 1.29 is 10.2 Å². The lowest BCUT2D eigenvalue weighted by Gasteiger charge is -2.27. The molecule has 3 nitrogen and oxygen atoms in total. The maximum Gasteiger partial charge on any atom is 0.0765 e. The first-order chi connectivity index (χ1) is 7.33. The number of aliphatic hydroxyl groups is 2. The number of hydrogen-bond donors (Lipinski definition) is 2. The van der Waals surface area contributed by atoms with Gasteiger partial charge >= 0.3 is 0 Å². The van der Waals surface area contributed by atoms with Crippen LogP contribution < -0.4 is 4.90 Å². The molecule has 0 saturated carbocycles. The highest BCUT2D eigenvalue weighted by molar-refractivity contribution is 6.31. The van der Waals surface area contributed by atoms with Crippen LogP contribution in [0.3, 0.4) is 0 Å². The third-order valence-electron chi connectivity index (χ3n) is 2.27. The van der Waals surface area contributed by atoms with Crippen LogP contribution in [-0.4, -0.2) is 29.4 Å². The van der Waals surface area contributed by atoms with E-state index < -0.39 is 5.60 Å². The molecular formula is C12H18ClNO2. The van der Waals surface area contributed by atoms with Gasteiger partial charge < -0.3 is 15.1 Å². The topological polar surface area (TPSA) is 43.7 Å². The second-order valence-corrected chi connectivity index (χ2v) is 5.01. The summed E-state index contributed by atoms with van der Waals surface area (Å²) in [6, 6.07) is 5.46. The first-order valence-electron chi connectivity index (χ1n) is 5.16. The minimum atomic E-state index is -0.753. The molecule has 2 N–H and O–H groups in total. The molecule has 0 amide bonds. The fraction of sp³-hybridized carbons (Fsp3) is 0.500. The molecule has 90 valence electrons. The van der Waals surface area contributed by atoms with Crippen LogP contribution in [0.2, 0.25) is 5.02 Å². The Balaban J connectivity index is 2.85. The van der Waals surface area contributed by atoms with Crippen LogP contribution in [0.15, 0.2) is 18.2 Å². The molecule has 0 unspecified atom stereocenters. The molecule has 16 heavy (non-hydrogen) atoms. The molecule has 0 atom stereocenters. The average molecular weight is 244 g/mol. The van der Waals surface area contributed by atoms with E-state index in [1.54, 1.807) is 26.0 Å². The zero-order chi connectivity index (χ0) is 12.3. The van der Waals surface area contributed by atoms with Crippen molar-refractivity contribution in [2.24, 2.45) is 0 Å². The van der Waals surface area contributed by atoms with Gasteiger partial charge in [0.05, 0.1) is 12.2 Å². The fourth-order valence-corrected chi connectivity index (χ4v) is 1.81. The summed E-state index contributed by atoms with van der Waals surface area (Å²) in [6.45, 7) is 3.97. The normalized spacial score (nSPS) is 11.6. The van der Waals surface area contributed by atoms with E-state index in [1.165, 1.54) is 0 Å². The monoisotopic (exact) mass is 243 g/mol. The van der Waals surface area contributed by atoms with Crippen LogP contribution in [0.25, 0.3) is 0 Å². The van der Waals surface area contributed by atoms with Gasteiger partial charge in [-0.05, 0) is 31.5 Å². The van der Waals surface area contributed by atoms with Crippen LogP contribution >= 0.6 is 11.6 Å². The lowest BCUT2D eigenvalue weighted by molar-refractivity contribution is 0.0886. The van der Waals surface area contributed by atoms with E-state index >= 15 is 0 Å². The molecule has 1 aromatic carbocycles. The van der Waals surface area contributed by atoms with Crippen molar-refractivity contribution in [2.45, 2.75) is 26.1 Å². The number of benzene rings is 1. The van der Waals surface area contributed by atoms with E-state index in [2.05, 4.69) is 0 Å². The van der Waals surface area contributed by atoms with Gasteiger partial charge in [0, 0.05) is 24.3 Å². The molecule has 0 heterocycles. The van der Waals surface area contributed by atoms with Crippen molar-refractivity contribution in [3.05, 3.63) is 28.8 Å². The van der Waals surface area contributed by atoms with E-state index in [4.69, 9.17) is 16.7 Å². The highest BCUT2D eigenvalue weighted by Gasteiger charge is 2.16. The largest absolute Gasteiger partial charge is 0.392 e. The fourth-order valence-electron chi connectivity index (χ4n) is 1.57. The Morgan fingerprint density at radius 1 is 1.38 bits per heavy atom. The maximum absolute atomic E-state index is 9.70. The van der Waals surface area contributed by atoms with Gasteiger partial charge in [-0.15, -0.1) is 0 Å². The molecule has 0 saturated heterocycles. The van der Waals surface area contributed by atoms with Crippen LogP contribution in [-0.2, 0) is 6.61 Å². The Bertz CT molecular complexity index is 361. The zero-order valence-electron chi connectivity index (χ0n) is 9.87. The second kappa shape index (κ2) is 5.04. The van der Waals surface area contributed by atoms with Crippen LogP contribution in [0.1, 0.15) is 19.4 Å². The van der Waals surface area contributed by atoms with E-state index in [0.29, 0.717) is 17.1 Å². The lowest BCUT2D eigenvalue weighted by atomic mass is 10.1. The number of rotatable bonds is 4. The van der Waals surface area contributed by atoms with E-state index in [1.807, 2.05) is 18.0 Å². The molecule has 0 spiro atoms. The summed E-state index contributed by atoms with van der Waals surface area (Å²) in [4.78, 5) is 1.92. The van der Waals surface area contributed by atoms with Gasteiger partial charge in [0.25, 0.3) is 0 Å². The summed E-state index contributed by atoms with van der Waals surface area (Å²) in [5.41, 5.74) is 0.878. The van der Waals surface area contributed by atoms with Crippen molar-refractivity contribution >= 4 is 17.3 Å². The Hall–Kier alpha value is -0.770. The minimum Gasteiger partial charge on any atom is -0.392 e. The maximum atomic E-state index is 9.70. The molecular weight excluding hydrogens is 226 g/mol. The number of likely N-dealkylation sites (N-methyl/N-ethyl adjacent to an activating group) is 1. The van der Waals surface area contributed by atoms with E-state index in [0.717, 1.165) is 5.69 Å². The SMILES string of the molecule is CN(CC(C)(C)O)c1ccc(CO)c(Cl)c1. The van der Waals surface area contributed by atoms with Crippen molar-refractivity contribution in [1.82, 2.24) is 0 Å². The van der Waals surface area contributed by atoms with Gasteiger partial charge in [-0.1, -0.05) is 17.7 Å². The van der Waals surface area contributed by atoms with E-state index in [-0.39, 0.29) is 6.61 Å². The summed E-state index contributed by atoms with van der Waals surface area (Å²) >= 11 is 6.00. The Kier molecular flexibility index (Phi) is 4.19. The first-order valence-corrected chi connectivity index (χ1v) is 5.54. The molecule has 0 aromatic heterocycles. The highest BCUT2D eigenvalue weighted by Crippen LogP contribution is 2.24. The molecule has 0 bridgehead atoms. The minimum absolute atomic E-state index is 0.0612. The molecule has 1 rings (SSSR count). The van der Waals surface area contributed by atoms with Gasteiger partial charge in [0.2, 0.25) is 0 Å². The molecule has 0 fully saturated rings. The van der Waals surface area contributed by atoms with Crippen molar-refractivity contribution in [2.75, 3.05) is 18.5 Å². The van der Waals surface area contributed by atoms with Gasteiger partial charge in [-0.25, -0.2) is 0 Å². The molecule has 0 aliphatic rings. The Labute approximate surface area is 101 Å². The quantitative estimate of drug-likeness (QED) is 0.851. The summed E-state index contributed by atoms with van der Waals surface area (Å²) in [5.74, 6) is 0.